The molecule has 1 aromatic heterocycles. The first-order valence-electron chi connectivity index (χ1n) is 5.93. The second-order valence-corrected chi connectivity index (χ2v) is 5.09. The fraction of sp³-hybridized carbons (Fsp3) is 0.545. The van der Waals surface area contributed by atoms with Gasteiger partial charge in [-0.25, -0.2) is 4.98 Å². The molecule has 6 nitrogen and oxygen atoms in total. The van der Waals surface area contributed by atoms with Crippen molar-refractivity contribution in [2.24, 2.45) is 5.73 Å². The molecular weight excluding hydrogens is 252 g/mol. The van der Waals surface area contributed by atoms with Crippen LogP contribution in [-0.2, 0) is 11.3 Å². The third kappa shape index (κ3) is 3.05. The Hall–Kier alpha value is -1.47. The Morgan fingerprint density at radius 2 is 2.44 bits per heavy atom. The normalized spacial score (nSPS) is 20.1. The van der Waals surface area contributed by atoms with E-state index in [2.05, 4.69) is 15.6 Å². The van der Waals surface area contributed by atoms with Crippen LogP contribution in [0.4, 0.5) is 0 Å². The highest BCUT2D eigenvalue weighted by atomic mass is 32.1. The maximum atomic E-state index is 11.9. The summed E-state index contributed by atoms with van der Waals surface area (Å²) in [6, 6.07) is -0.456. The van der Waals surface area contributed by atoms with Gasteiger partial charge in [-0.05, 0) is 19.3 Å². The molecule has 2 amide bonds. The molecule has 1 fully saturated rings. The Balaban J connectivity index is 1.99. The third-order valence-corrected chi connectivity index (χ3v) is 3.67. The van der Waals surface area contributed by atoms with Crippen LogP contribution in [0.15, 0.2) is 5.38 Å². The number of rotatable bonds is 3. The van der Waals surface area contributed by atoms with E-state index >= 15 is 0 Å². The summed E-state index contributed by atoms with van der Waals surface area (Å²) < 4.78 is 0. The van der Waals surface area contributed by atoms with Crippen molar-refractivity contribution >= 4 is 23.2 Å². The van der Waals surface area contributed by atoms with Gasteiger partial charge in [-0.15, -0.1) is 11.3 Å². The van der Waals surface area contributed by atoms with Gasteiger partial charge in [0.25, 0.3) is 5.91 Å². The number of hydrogen-bond acceptors (Lipinski definition) is 5. The predicted octanol–water partition coefficient (Wildman–Crippen LogP) is 0.000300. The lowest BCUT2D eigenvalue weighted by molar-refractivity contribution is -0.122. The maximum absolute atomic E-state index is 11.9. The third-order valence-electron chi connectivity index (χ3n) is 2.80. The van der Waals surface area contributed by atoms with Crippen molar-refractivity contribution in [3.05, 3.63) is 16.1 Å². The van der Waals surface area contributed by atoms with E-state index in [1.165, 1.54) is 11.3 Å². The van der Waals surface area contributed by atoms with Gasteiger partial charge in [-0.2, -0.15) is 0 Å². The van der Waals surface area contributed by atoms with E-state index in [-0.39, 0.29) is 11.8 Å². The topological polar surface area (TPSA) is 97.1 Å². The Bertz CT molecular complexity index is 446. The first kappa shape index (κ1) is 13.0. The maximum Gasteiger partial charge on any atom is 0.271 e. The fourth-order valence-electron chi connectivity index (χ4n) is 1.82. The standard InChI is InChI=1S/C11H16N4O2S/c12-5-9-14-8(6-18-9)11(17)15-7-3-1-2-4-13-10(7)16/h6-7H,1-5,12H2,(H,13,16)(H,15,17). The van der Waals surface area contributed by atoms with Gasteiger partial charge in [0.05, 0.1) is 0 Å². The van der Waals surface area contributed by atoms with Crippen molar-refractivity contribution in [3.8, 4) is 0 Å². The molecular formula is C11H16N4O2S. The number of aromatic nitrogens is 1. The molecule has 98 valence electrons. The van der Waals surface area contributed by atoms with Gasteiger partial charge < -0.3 is 16.4 Å². The zero-order chi connectivity index (χ0) is 13.0. The summed E-state index contributed by atoms with van der Waals surface area (Å²) in [6.07, 6.45) is 2.55. The van der Waals surface area contributed by atoms with Crippen molar-refractivity contribution < 1.29 is 9.59 Å². The minimum Gasteiger partial charge on any atom is -0.354 e. The molecule has 0 spiro atoms. The molecule has 1 aromatic rings. The number of carbonyl (C=O) groups is 2. The van der Waals surface area contributed by atoms with E-state index in [0.717, 1.165) is 12.8 Å². The van der Waals surface area contributed by atoms with E-state index in [9.17, 15) is 9.59 Å². The zero-order valence-corrected chi connectivity index (χ0v) is 10.8. The van der Waals surface area contributed by atoms with Gasteiger partial charge in [-0.3, -0.25) is 9.59 Å². The van der Waals surface area contributed by atoms with Crippen LogP contribution in [0.1, 0.15) is 34.8 Å². The highest BCUT2D eigenvalue weighted by molar-refractivity contribution is 7.09. The summed E-state index contributed by atoms with van der Waals surface area (Å²) in [5, 5.41) is 7.86. The van der Waals surface area contributed by atoms with Crippen molar-refractivity contribution in [1.82, 2.24) is 15.6 Å². The van der Waals surface area contributed by atoms with Crippen LogP contribution in [0.3, 0.4) is 0 Å². The highest BCUT2D eigenvalue weighted by Gasteiger charge is 2.23. The lowest BCUT2D eigenvalue weighted by atomic mass is 10.1. The van der Waals surface area contributed by atoms with Crippen LogP contribution in [0.2, 0.25) is 0 Å². The number of thiazole rings is 1. The van der Waals surface area contributed by atoms with E-state index in [4.69, 9.17) is 5.73 Å². The lowest BCUT2D eigenvalue weighted by Crippen LogP contribution is -2.45. The molecule has 2 heterocycles. The summed E-state index contributed by atoms with van der Waals surface area (Å²) in [4.78, 5) is 27.7. The molecule has 1 aliphatic heterocycles. The van der Waals surface area contributed by atoms with E-state index < -0.39 is 6.04 Å². The SMILES string of the molecule is NCc1nc(C(=O)NC2CCCCNC2=O)cs1. The number of amides is 2. The van der Waals surface area contributed by atoms with E-state index in [1.807, 2.05) is 0 Å². The number of hydrogen-bond donors (Lipinski definition) is 3. The van der Waals surface area contributed by atoms with Gasteiger partial charge >= 0.3 is 0 Å². The molecule has 0 aromatic carbocycles. The van der Waals surface area contributed by atoms with Crippen LogP contribution in [0.5, 0.6) is 0 Å². The summed E-state index contributed by atoms with van der Waals surface area (Å²) in [5.41, 5.74) is 5.77. The Morgan fingerprint density at radius 1 is 1.61 bits per heavy atom. The number of nitrogens with zero attached hydrogens (tertiary/aromatic N) is 1. The minimum absolute atomic E-state index is 0.116. The summed E-state index contributed by atoms with van der Waals surface area (Å²) in [6.45, 7) is 1.00. The van der Waals surface area contributed by atoms with Gasteiger partial charge in [0.1, 0.15) is 16.7 Å². The van der Waals surface area contributed by atoms with E-state index in [1.54, 1.807) is 5.38 Å². The summed E-state index contributed by atoms with van der Waals surface area (Å²) in [7, 11) is 0. The van der Waals surface area contributed by atoms with Crippen LogP contribution >= 0.6 is 11.3 Å². The molecule has 0 bridgehead atoms. The molecule has 0 aliphatic carbocycles. The average molecular weight is 268 g/mol. The van der Waals surface area contributed by atoms with Gasteiger partial charge in [-0.1, -0.05) is 0 Å². The molecule has 1 saturated heterocycles. The van der Waals surface area contributed by atoms with Gasteiger partial charge in [0, 0.05) is 18.5 Å². The van der Waals surface area contributed by atoms with Crippen molar-refractivity contribution in [2.45, 2.75) is 31.8 Å². The molecule has 1 unspecified atom stereocenters. The Morgan fingerprint density at radius 3 is 3.17 bits per heavy atom. The number of carbonyl (C=O) groups excluding carboxylic acids is 2. The van der Waals surface area contributed by atoms with Crippen LogP contribution < -0.4 is 16.4 Å². The molecule has 1 aliphatic rings. The van der Waals surface area contributed by atoms with Gasteiger partial charge in [0.2, 0.25) is 5.91 Å². The molecule has 1 atom stereocenters. The van der Waals surface area contributed by atoms with Crippen LogP contribution in [-0.4, -0.2) is 29.4 Å². The summed E-state index contributed by atoms with van der Waals surface area (Å²) >= 11 is 1.35. The molecule has 0 radical (unpaired) electrons. The van der Waals surface area contributed by atoms with Crippen molar-refractivity contribution in [1.29, 1.82) is 0 Å². The van der Waals surface area contributed by atoms with Gasteiger partial charge in [0.15, 0.2) is 0 Å². The molecule has 18 heavy (non-hydrogen) atoms. The van der Waals surface area contributed by atoms with Crippen molar-refractivity contribution in [3.63, 3.8) is 0 Å². The Labute approximate surface area is 109 Å². The smallest absolute Gasteiger partial charge is 0.271 e. The minimum atomic E-state index is -0.456. The lowest BCUT2D eigenvalue weighted by Gasteiger charge is -2.14. The predicted molar refractivity (Wildman–Crippen MR) is 68.1 cm³/mol. The number of nitrogens with one attached hydrogen (secondary N) is 2. The van der Waals surface area contributed by atoms with Crippen molar-refractivity contribution in [2.75, 3.05) is 6.54 Å². The quantitative estimate of drug-likeness (QED) is 0.719. The van der Waals surface area contributed by atoms with Crippen LogP contribution in [0.25, 0.3) is 0 Å². The van der Waals surface area contributed by atoms with E-state index in [0.29, 0.717) is 30.2 Å². The fourth-order valence-corrected chi connectivity index (χ4v) is 2.47. The monoisotopic (exact) mass is 268 g/mol. The zero-order valence-electron chi connectivity index (χ0n) is 9.94. The number of nitrogens with two attached hydrogens (primary N) is 1. The first-order chi connectivity index (χ1) is 8.70. The first-order valence-corrected chi connectivity index (χ1v) is 6.81. The Kier molecular flexibility index (Phi) is 4.27. The molecule has 0 saturated carbocycles. The second kappa shape index (κ2) is 5.92. The molecule has 4 N–H and O–H groups in total. The van der Waals surface area contributed by atoms with Crippen LogP contribution in [0, 0.1) is 0 Å². The molecule has 2 rings (SSSR count). The highest BCUT2D eigenvalue weighted by Crippen LogP contribution is 2.10. The second-order valence-electron chi connectivity index (χ2n) is 4.14. The molecule has 7 heteroatoms. The summed E-state index contributed by atoms with van der Waals surface area (Å²) in [5.74, 6) is -0.428. The average Bonchev–Trinajstić information content (AvgIpc) is 2.77. The largest absolute Gasteiger partial charge is 0.354 e.